The molecule has 0 radical (unpaired) electrons. The van der Waals surface area contributed by atoms with Gasteiger partial charge in [-0.1, -0.05) is 6.07 Å². The van der Waals surface area contributed by atoms with Crippen molar-refractivity contribution >= 4 is 48.9 Å². The van der Waals surface area contributed by atoms with Gasteiger partial charge in [0.15, 0.2) is 5.52 Å². The van der Waals surface area contributed by atoms with Crippen molar-refractivity contribution in [2.45, 2.75) is 19.1 Å². The summed E-state index contributed by atoms with van der Waals surface area (Å²) in [5.41, 5.74) is -0.135. The number of pyridine rings is 1. The van der Waals surface area contributed by atoms with E-state index in [1.54, 1.807) is 16.8 Å². The lowest BCUT2D eigenvalue weighted by atomic mass is 10.1. The highest BCUT2D eigenvalue weighted by atomic mass is 32.1. The first-order valence-electron chi connectivity index (χ1n) is 7.91. The molecular formula is C16H11F3N5S2+. The fraction of sp³-hybridized carbons (Fsp3) is 0.250. The molecule has 5 heterocycles. The molecule has 5 rings (SSSR count). The van der Waals surface area contributed by atoms with Crippen molar-refractivity contribution in [3.05, 3.63) is 29.1 Å². The largest absolute Gasteiger partial charge is 0.417 e. The number of alkyl halides is 3. The summed E-state index contributed by atoms with van der Waals surface area (Å²) in [5.74, 6) is 0.718. The van der Waals surface area contributed by atoms with Crippen molar-refractivity contribution in [1.82, 2.24) is 15.3 Å². The number of hydrogen-bond acceptors (Lipinski definition) is 6. The first-order chi connectivity index (χ1) is 12.5. The molecule has 1 aliphatic rings. The van der Waals surface area contributed by atoms with Crippen LogP contribution in [0.5, 0.6) is 0 Å². The third-order valence-corrected chi connectivity index (χ3v) is 6.25. The maximum Gasteiger partial charge on any atom is 0.417 e. The quantitative estimate of drug-likeness (QED) is 0.494. The van der Waals surface area contributed by atoms with Gasteiger partial charge in [0.1, 0.15) is 9.53 Å². The molecule has 0 saturated carbocycles. The van der Waals surface area contributed by atoms with Gasteiger partial charge in [-0.2, -0.15) is 13.2 Å². The van der Waals surface area contributed by atoms with Crippen molar-refractivity contribution < 1.29 is 17.9 Å². The van der Waals surface area contributed by atoms with Crippen molar-refractivity contribution in [3.8, 4) is 10.6 Å². The zero-order valence-electron chi connectivity index (χ0n) is 13.2. The normalized spacial score (nSPS) is 14.6. The molecule has 1 aliphatic heterocycles. The summed E-state index contributed by atoms with van der Waals surface area (Å²) in [4.78, 5) is 5.53. The highest BCUT2D eigenvalue weighted by Crippen LogP contribution is 2.44. The maximum atomic E-state index is 13.8. The minimum atomic E-state index is -4.50. The first kappa shape index (κ1) is 15.9. The highest BCUT2D eigenvalue weighted by Gasteiger charge is 2.37. The number of fused-ring (bicyclic) bond motifs is 5. The monoisotopic (exact) mass is 394 g/mol. The standard InChI is InChI=1S/C16H10F3N5S2/c17-16(18,19)8-7-9(10-3-1-6-25-10)21-15-11(8)12-13(26-15)14-20-4-2-5-24(14)23-22-12/h1,3,6-7H,2,4-5H2/p+1. The Morgan fingerprint density at radius 2 is 2.15 bits per heavy atom. The molecule has 0 aromatic carbocycles. The fourth-order valence-electron chi connectivity index (χ4n) is 3.14. The first-order valence-corrected chi connectivity index (χ1v) is 9.61. The van der Waals surface area contributed by atoms with Gasteiger partial charge in [0.2, 0.25) is 0 Å². The van der Waals surface area contributed by atoms with Gasteiger partial charge < -0.3 is 5.32 Å². The minimum Gasteiger partial charge on any atom is -0.303 e. The van der Waals surface area contributed by atoms with E-state index < -0.39 is 11.7 Å². The van der Waals surface area contributed by atoms with Crippen LogP contribution >= 0.6 is 22.7 Å². The van der Waals surface area contributed by atoms with Gasteiger partial charge in [0, 0.05) is 11.5 Å². The van der Waals surface area contributed by atoms with E-state index in [4.69, 9.17) is 0 Å². The number of rotatable bonds is 1. The second-order valence-electron chi connectivity index (χ2n) is 5.93. The number of halogens is 3. The number of nitrogens with one attached hydrogen (secondary N) is 1. The lowest BCUT2D eigenvalue weighted by molar-refractivity contribution is -0.747. The van der Waals surface area contributed by atoms with E-state index in [2.05, 4.69) is 20.6 Å². The Balaban J connectivity index is 1.89. The summed E-state index contributed by atoms with van der Waals surface area (Å²) < 4.78 is 43.8. The summed E-state index contributed by atoms with van der Waals surface area (Å²) in [7, 11) is 0. The van der Waals surface area contributed by atoms with E-state index >= 15 is 0 Å². The van der Waals surface area contributed by atoms with Crippen LogP contribution in [0.4, 0.5) is 19.0 Å². The molecular weight excluding hydrogens is 383 g/mol. The van der Waals surface area contributed by atoms with Gasteiger partial charge in [-0.05, 0) is 17.5 Å². The van der Waals surface area contributed by atoms with Crippen molar-refractivity contribution in [2.75, 3.05) is 11.9 Å². The average molecular weight is 394 g/mol. The van der Waals surface area contributed by atoms with Crippen molar-refractivity contribution in [2.24, 2.45) is 0 Å². The number of thiophene rings is 2. The number of anilines is 1. The van der Waals surface area contributed by atoms with Crippen LogP contribution in [0.1, 0.15) is 12.0 Å². The second-order valence-corrected chi connectivity index (χ2v) is 7.88. The molecule has 4 aromatic heterocycles. The van der Waals surface area contributed by atoms with Gasteiger partial charge in [-0.25, -0.2) is 4.98 Å². The van der Waals surface area contributed by atoms with Gasteiger partial charge >= 0.3 is 6.18 Å². The molecule has 0 bridgehead atoms. The lowest BCUT2D eigenvalue weighted by Gasteiger charge is -2.11. The summed E-state index contributed by atoms with van der Waals surface area (Å²) in [6.07, 6.45) is -3.60. The van der Waals surface area contributed by atoms with Crippen LogP contribution in [-0.4, -0.2) is 21.8 Å². The summed E-state index contributed by atoms with van der Waals surface area (Å²) in [6, 6.07) is 4.68. The van der Waals surface area contributed by atoms with Crippen LogP contribution in [0.15, 0.2) is 23.6 Å². The number of aromatic nitrogens is 4. The molecule has 1 N–H and O–H groups in total. The van der Waals surface area contributed by atoms with E-state index in [9.17, 15) is 13.2 Å². The van der Waals surface area contributed by atoms with E-state index in [0.717, 1.165) is 24.8 Å². The Morgan fingerprint density at radius 3 is 2.92 bits per heavy atom. The van der Waals surface area contributed by atoms with Crippen molar-refractivity contribution in [1.29, 1.82) is 0 Å². The van der Waals surface area contributed by atoms with Crippen LogP contribution in [0, 0.1) is 0 Å². The molecule has 5 nitrogen and oxygen atoms in total. The Morgan fingerprint density at radius 1 is 1.27 bits per heavy atom. The molecule has 0 fully saturated rings. The summed E-state index contributed by atoms with van der Waals surface area (Å²) >= 11 is 2.59. The number of hydrogen-bond donors (Lipinski definition) is 1. The van der Waals surface area contributed by atoms with E-state index in [0.29, 0.717) is 26.6 Å². The van der Waals surface area contributed by atoms with E-state index in [1.807, 2.05) is 5.38 Å². The fourth-order valence-corrected chi connectivity index (χ4v) is 4.98. The predicted molar refractivity (Wildman–Crippen MR) is 94.3 cm³/mol. The zero-order valence-corrected chi connectivity index (χ0v) is 14.8. The van der Waals surface area contributed by atoms with Gasteiger partial charge in [0.05, 0.1) is 39.8 Å². The molecule has 10 heteroatoms. The number of aryl methyl sites for hydroxylation is 1. The zero-order chi connectivity index (χ0) is 17.9. The van der Waals surface area contributed by atoms with Crippen LogP contribution in [0.3, 0.4) is 0 Å². The lowest BCUT2D eigenvalue weighted by Crippen LogP contribution is -2.46. The Hall–Kier alpha value is -2.33. The molecule has 0 atom stereocenters. The van der Waals surface area contributed by atoms with E-state index in [-0.39, 0.29) is 10.9 Å². The molecule has 4 aromatic rings. The third kappa shape index (κ3) is 2.36. The molecule has 26 heavy (non-hydrogen) atoms. The molecule has 0 spiro atoms. The Labute approximate surface area is 153 Å². The highest BCUT2D eigenvalue weighted by molar-refractivity contribution is 7.26. The molecule has 0 unspecified atom stereocenters. The van der Waals surface area contributed by atoms with Crippen LogP contribution in [0.25, 0.3) is 31.0 Å². The van der Waals surface area contributed by atoms with Crippen LogP contribution in [0.2, 0.25) is 0 Å². The summed E-state index contributed by atoms with van der Waals surface area (Å²) in [6.45, 7) is 1.45. The smallest absolute Gasteiger partial charge is 0.303 e. The maximum absolute atomic E-state index is 13.8. The Bertz CT molecular complexity index is 1130. The molecule has 0 saturated heterocycles. The third-order valence-electron chi connectivity index (χ3n) is 4.28. The average Bonchev–Trinajstić information content (AvgIpc) is 3.27. The number of nitrogens with zero attached hydrogens (tertiary/aromatic N) is 4. The second kappa shape index (κ2) is 5.58. The van der Waals surface area contributed by atoms with Gasteiger partial charge in [-0.3, -0.25) is 0 Å². The summed E-state index contributed by atoms with van der Waals surface area (Å²) in [5, 5.41) is 13.3. The van der Waals surface area contributed by atoms with Gasteiger partial charge in [-0.15, -0.1) is 27.4 Å². The molecule has 132 valence electrons. The predicted octanol–water partition coefficient (Wildman–Crippen LogP) is 4.09. The topological polar surface area (TPSA) is 54.6 Å². The van der Waals surface area contributed by atoms with Gasteiger partial charge in [0.25, 0.3) is 5.82 Å². The minimum absolute atomic E-state index is 0.0288. The Kier molecular flexibility index (Phi) is 3.41. The van der Waals surface area contributed by atoms with Crippen LogP contribution in [-0.2, 0) is 12.7 Å². The van der Waals surface area contributed by atoms with E-state index in [1.165, 1.54) is 22.7 Å². The van der Waals surface area contributed by atoms with Crippen molar-refractivity contribution in [3.63, 3.8) is 0 Å². The molecule has 0 aliphatic carbocycles. The SMILES string of the molecule is FC(F)(F)c1cc(-c2cccs2)nc2sc3c4[n+](nnc3c12)CCCN4. The van der Waals surface area contributed by atoms with Crippen LogP contribution < -0.4 is 10.00 Å². The molecule has 0 amide bonds.